The molecule has 2 nitrogen and oxygen atoms in total. The fourth-order valence-electron chi connectivity index (χ4n) is 1.67. The molecule has 1 heterocycles. The van der Waals surface area contributed by atoms with Gasteiger partial charge in [-0.3, -0.25) is 0 Å². The summed E-state index contributed by atoms with van der Waals surface area (Å²) in [6.45, 7) is 5.79. The van der Waals surface area contributed by atoms with Gasteiger partial charge in [0.05, 0.1) is 16.9 Å². The zero-order valence-electron chi connectivity index (χ0n) is 8.94. The van der Waals surface area contributed by atoms with Crippen molar-refractivity contribution in [1.82, 2.24) is 0 Å². The standard InChI is InChI=1S/C11H13FN2S/c1-6-4-7(12)5-8-9(6)13-10(15)11(2,3)14-8/h4-5,14H,1-3H3,(H,13,15). The van der Waals surface area contributed by atoms with E-state index in [2.05, 4.69) is 10.6 Å². The van der Waals surface area contributed by atoms with Crippen LogP contribution in [0.1, 0.15) is 19.4 Å². The molecule has 0 aromatic heterocycles. The molecule has 0 aliphatic carbocycles. The zero-order valence-corrected chi connectivity index (χ0v) is 9.76. The Kier molecular flexibility index (Phi) is 2.19. The molecule has 1 aliphatic heterocycles. The first-order valence-corrected chi connectivity index (χ1v) is 5.21. The number of anilines is 2. The normalized spacial score (nSPS) is 17.7. The Hall–Kier alpha value is -1.16. The fourth-order valence-corrected chi connectivity index (χ4v) is 1.82. The number of halogens is 1. The highest BCUT2D eigenvalue weighted by Crippen LogP contribution is 2.34. The maximum Gasteiger partial charge on any atom is 0.125 e. The average molecular weight is 224 g/mol. The second-order valence-corrected chi connectivity index (χ2v) is 4.76. The van der Waals surface area contributed by atoms with Crippen LogP contribution < -0.4 is 10.6 Å². The van der Waals surface area contributed by atoms with Crippen molar-refractivity contribution in [2.45, 2.75) is 26.3 Å². The van der Waals surface area contributed by atoms with Gasteiger partial charge in [-0.1, -0.05) is 12.2 Å². The Bertz CT molecular complexity index is 440. The van der Waals surface area contributed by atoms with Crippen molar-refractivity contribution in [2.24, 2.45) is 0 Å². The summed E-state index contributed by atoms with van der Waals surface area (Å²) in [4.78, 5) is 0.727. The lowest BCUT2D eigenvalue weighted by Crippen LogP contribution is -2.46. The third kappa shape index (κ3) is 1.69. The Morgan fingerprint density at radius 2 is 2.00 bits per heavy atom. The van der Waals surface area contributed by atoms with Gasteiger partial charge < -0.3 is 10.6 Å². The molecule has 80 valence electrons. The molecular weight excluding hydrogens is 211 g/mol. The molecule has 1 aliphatic rings. The fraction of sp³-hybridized carbons (Fsp3) is 0.364. The van der Waals surface area contributed by atoms with Gasteiger partial charge in [-0.2, -0.15) is 0 Å². The molecule has 0 unspecified atom stereocenters. The molecular formula is C11H13FN2S. The van der Waals surface area contributed by atoms with Crippen molar-refractivity contribution in [3.05, 3.63) is 23.5 Å². The van der Waals surface area contributed by atoms with Gasteiger partial charge >= 0.3 is 0 Å². The van der Waals surface area contributed by atoms with Gasteiger partial charge in [0.1, 0.15) is 10.8 Å². The molecule has 2 rings (SSSR count). The maximum atomic E-state index is 13.2. The number of benzene rings is 1. The Labute approximate surface area is 93.9 Å². The first-order chi connectivity index (χ1) is 6.90. The lowest BCUT2D eigenvalue weighted by atomic mass is 9.99. The molecule has 4 heteroatoms. The van der Waals surface area contributed by atoms with Crippen molar-refractivity contribution < 1.29 is 4.39 Å². The average Bonchev–Trinajstić information content (AvgIpc) is 2.08. The summed E-state index contributed by atoms with van der Waals surface area (Å²) in [6, 6.07) is 2.98. The third-order valence-electron chi connectivity index (χ3n) is 2.55. The molecule has 0 atom stereocenters. The summed E-state index contributed by atoms with van der Waals surface area (Å²) in [5.74, 6) is -0.232. The van der Waals surface area contributed by atoms with Crippen LogP contribution in [0.2, 0.25) is 0 Å². The zero-order chi connectivity index (χ0) is 11.2. The number of nitrogens with one attached hydrogen (secondary N) is 2. The molecule has 0 amide bonds. The summed E-state index contributed by atoms with van der Waals surface area (Å²) in [5.41, 5.74) is 2.17. The van der Waals surface area contributed by atoms with Crippen LogP contribution in [0, 0.1) is 12.7 Å². The van der Waals surface area contributed by atoms with Gasteiger partial charge in [0.25, 0.3) is 0 Å². The molecule has 0 bridgehead atoms. The second kappa shape index (κ2) is 3.17. The van der Waals surface area contributed by atoms with Crippen LogP contribution in [0.15, 0.2) is 12.1 Å². The largest absolute Gasteiger partial charge is 0.372 e. The van der Waals surface area contributed by atoms with Crippen molar-refractivity contribution in [1.29, 1.82) is 0 Å². The minimum Gasteiger partial charge on any atom is -0.372 e. The molecule has 0 saturated heterocycles. The van der Waals surface area contributed by atoms with Crippen LogP contribution in [0.25, 0.3) is 0 Å². The van der Waals surface area contributed by atoms with E-state index in [1.54, 1.807) is 0 Å². The van der Waals surface area contributed by atoms with E-state index in [-0.39, 0.29) is 11.4 Å². The summed E-state index contributed by atoms with van der Waals surface area (Å²) < 4.78 is 13.2. The predicted molar refractivity (Wildman–Crippen MR) is 65.1 cm³/mol. The predicted octanol–water partition coefficient (Wildman–Crippen LogP) is 3.08. The second-order valence-electron chi connectivity index (χ2n) is 4.35. The SMILES string of the molecule is Cc1cc(F)cc2c1NC(=S)C(C)(C)N2. The van der Waals surface area contributed by atoms with Crippen LogP contribution >= 0.6 is 12.2 Å². The molecule has 0 saturated carbocycles. The minimum atomic E-state index is -0.331. The number of aryl methyl sites for hydroxylation is 1. The van der Waals surface area contributed by atoms with E-state index in [1.165, 1.54) is 12.1 Å². The van der Waals surface area contributed by atoms with Gasteiger partial charge in [-0.15, -0.1) is 0 Å². The Balaban J connectivity index is 2.55. The van der Waals surface area contributed by atoms with E-state index in [9.17, 15) is 4.39 Å². The summed E-state index contributed by atoms with van der Waals surface area (Å²) in [7, 11) is 0. The van der Waals surface area contributed by atoms with Crippen molar-refractivity contribution in [2.75, 3.05) is 10.6 Å². The van der Waals surface area contributed by atoms with Gasteiger partial charge in [0.15, 0.2) is 0 Å². The van der Waals surface area contributed by atoms with Crippen LogP contribution in [-0.2, 0) is 0 Å². The van der Waals surface area contributed by atoms with E-state index in [4.69, 9.17) is 12.2 Å². The van der Waals surface area contributed by atoms with E-state index in [0.29, 0.717) is 0 Å². The lowest BCUT2D eigenvalue weighted by Gasteiger charge is -2.36. The summed E-state index contributed by atoms with van der Waals surface area (Å²) >= 11 is 5.24. The number of rotatable bonds is 0. The van der Waals surface area contributed by atoms with Crippen LogP contribution in [0.4, 0.5) is 15.8 Å². The van der Waals surface area contributed by atoms with Gasteiger partial charge in [0, 0.05) is 0 Å². The molecule has 1 aromatic rings. The van der Waals surface area contributed by atoms with Gasteiger partial charge in [-0.25, -0.2) is 4.39 Å². The number of fused-ring (bicyclic) bond motifs is 1. The van der Waals surface area contributed by atoms with Gasteiger partial charge in [-0.05, 0) is 38.5 Å². The lowest BCUT2D eigenvalue weighted by molar-refractivity contribution is 0.626. The van der Waals surface area contributed by atoms with E-state index in [0.717, 1.165) is 21.9 Å². The quantitative estimate of drug-likeness (QED) is 0.662. The molecule has 0 spiro atoms. The number of thiocarbonyl (C=S) groups is 1. The highest BCUT2D eigenvalue weighted by Gasteiger charge is 2.30. The third-order valence-corrected chi connectivity index (χ3v) is 3.17. The molecule has 15 heavy (non-hydrogen) atoms. The maximum absolute atomic E-state index is 13.2. The number of hydrogen-bond acceptors (Lipinski definition) is 2. The monoisotopic (exact) mass is 224 g/mol. The van der Waals surface area contributed by atoms with E-state index >= 15 is 0 Å². The van der Waals surface area contributed by atoms with E-state index < -0.39 is 0 Å². The van der Waals surface area contributed by atoms with E-state index in [1.807, 2.05) is 20.8 Å². The summed E-state index contributed by atoms with van der Waals surface area (Å²) in [5, 5.41) is 6.37. The molecule has 0 fully saturated rings. The minimum absolute atomic E-state index is 0.232. The molecule has 0 radical (unpaired) electrons. The topological polar surface area (TPSA) is 24.1 Å². The highest BCUT2D eigenvalue weighted by atomic mass is 32.1. The summed E-state index contributed by atoms with van der Waals surface area (Å²) in [6.07, 6.45) is 0. The smallest absolute Gasteiger partial charge is 0.125 e. The first-order valence-electron chi connectivity index (χ1n) is 4.80. The van der Waals surface area contributed by atoms with Crippen molar-refractivity contribution in [3.63, 3.8) is 0 Å². The first kappa shape index (κ1) is 10.4. The van der Waals surface area contributed by atoms with Crippen LogP contribution in [0.5, 0.6) is 0 Å². The van der Waals surface area contributed by atoms with Crippen LogP contribution in [-0.4, -0.2) is 10.5 Å². The Morgan fingerprint density at radius 1 is 1.33 bits per heavy atom. The van der Waals surface area contributed by atoms with Crippen molar-refractivity contribution >= 4 is 28.6 Å². The van der Waals surface area contributed by atoms with Gasteiger partial charge in [0.2, 0.25) is 0 Å². The molecule has 1 aromatic carbocycles. The van der Waals surface area contributed by atoms with Crippen LogP contribution in [0.3, 0.4) is 0 Å². The molecule has 2 N–H and O–H groups in total. The Morgan fingerprint density at radius 3 is 2.67 bits per heavy atom. The van der Waals surface area contributed by atoms with Crippen molar-refractivity contribution in [3.8, 4) is 0 Å². The highest BCUT2D eigenvalue weighted by molar-refractivity contribution is 7.80. The number of hydrogen-bond donors (Lipinski definition) is 2.